The fourth-order valence-corrected chi connectivity index (χ4v) is 8.47. The van der Waals surface area contributed by atoms with Crippen LogP contribution >= 0.6 is 0 Å². The van der Waals surface area contributed by atoms with E-state index in [9.17, 15) is 9.59 Å². The number of ether oxygens (including phenoxy) is 2. The quantitative estimate of drug-likeness (QED) is 0.237. The molecule has 1 N–H and O–H groups in total. The van der Waals surface area contributed by atoms with Crippen LogP contribution in [0.4, 0.5) is 11.6 Å². The molecule has 0 spiro atoms. The van der Waals surface area contributed by atoms with Gasteiger partial charge in [0.25, 0.3) is 0 Å². The van der Waals surface area contributed by atoms with Crippen LogP contribution in [0.2, 0.25) is 0 Å². The summed E-state index contributed by atoms with van der Waals surface area (Å²) in [6.45, 7) is 8.48. The van der Waals surface area contributed by atoms with Gasteiger partial charge in [-0.25, -0.2) is 19.6 Å². The van der Waals surface area contributed by atoms with Gasteiger partial charge < -0.3 is 14.8 Å². The molecule has 4 aliphatic rings. The molecule has 4 heterocycles. The summed E-state index contributed by atoms with van der Waals surface area (Å²) in [5.41, 5.74) is 3.43. The molecule has 4 aromatic heterocycles. The Bertz CT molecular complexity index is 1730. The summed E-state index contributed by atoms with van der Waals surface area (Å²) >= 11 is 0. The van der Waals surface area contributed by atoms with Crippen LogP contribution in [0.25, 0.3) is 16.8 Å². The smallest absolute Gasteiger partial charge is 0.342 e. The zero-order valence-electron chi connectivity index (χ0n) is 26.1. The number of aromatic nitrogens is 5. The Morgan fingerprint density at radius 3 is 2.36 bits per heavy atom. The molecule has 0 amide bonds. The van der Waals surface area contributed by atoms with Crippen LogP contribution < -0.4 is 5.32 Å². The molecule has 4 bridgehead atoms. The highest BCUT2D eigenvalue weighted by Gasteiger charge is 2.51. The summed E-state index contributed by atoms with van der Waals surface area (Å²) in [6.07, 6.45) is 15.1. The molecule has 0 atom stereocenters. The molecule has 0 aromatic carbocycles. The van der Waals surface area contributed by atoms with Crippen molar-refractivity contribution in [2.24, 2.45) is 23.2 Å². The summed E-state index contributed by atoms with van der Waals surface area (Å²) in [5.74, 6) is 2.52. The van der Waals surface area contributed by atoms with E-state index in [0.29, 0.717) is 33.8 Å². The SMILES string of the molecule is COC(=O)c1c(-c2cnn(CC34CC5CC(CC(C5)C3)C4)c2C)ccn2c(Nc3ncccc3C(=O)OC(C)(C)C)cnc12. The number of carbonyl (C=O) groups excluding carboxylic acids is 2. The molecular formula is C34H40N6O4. The van der Waals surface area contributed by atoms with E-state index < -0.39 is 17.5 Å². The number of rotatable bonds is 7. The number of hydrogen-bond donors (Lipinski definition) is 1. The van der Waals surface area contributed by atoms with Gasteiger partial charge in [0.2, 0.25) is 0 Å². The molecule has 44 heavy (non-hydrogen) atoms. The molecule has 8 rings (SSSR count). The lowest BCUT2D eigenvalue weighted by Gasteiger charge is -2.56. The van der Waals surface area contributed by atoms with Crippen molar-refractivity contribution in [2.45, 2.75) is 78.4 Å². The van der Waals surface area contributed by atoms with E-state index in [4.69, 9.17) is 14.6 Å². The van der Waals surface area contributed by atoms with Crippen molar-refractivity contribution in [1.29, 1.82) is 0 Å². The first-order valence-electron chi connectivity index (χ1n) is 15.6. The molecule has 0 unspecified atom stereocenters. The van der Waals surface area contributed by atoms with Gasteiger partial charge in [-0.3, -0.25) is 9.08 Å². The third-order valence-electron chi connectivity index (χ3n) is 9.79. The van der Waals surface area contributed by atoms with Crippen LogP contribution in [-0.2, 0) is 16.0 Å². The first-order valence-corrected chi connectivity index (χ1v) is 15.6. The molecule has 4 aromatic rings. The number of hydrogen-bond acceptors (Lipinski definition) is 8. The van der Waals surface area contributed by atoms with Gasteiger partial charge in [0.15, 0.2) is 5.65 Å². The van der Waals surface area contributed by atoms with E-state index in [-0.39, 0.29) is 0 Å². The number of fused-ring (bicyclic) bond motifs is 1. The van der Waals surface area contributed by atoms with E-state index in [2.05, 4.69) is 26.9 Å². The van der Waals surface area contributed by atoms with E-state index in [1.807, 2.05) is 39.2 Å². The minimum Gasteiger partial charge on any atom is -0.465 e. The fourth-order valence-electron chi connectivity index (χ4n) is 8.47. The van der Waals surface area contributed by atoms with Crippen LogP contribution in [0.1, 0.15) is 85.7 Å². The Balaban J connectivity index is 1.22. The highest BCUT2D eigenvalue weighted by atomic mass is 16.6. The standard InChI is InChI=1S/C34H40N6O4/c1-20-26(17-37-40(20)19-34-14-21-11-22(15-34)13-23(12-21)16-34)24-8-10-39-27(18-36-30(39)28(24)32(42)43-5)38-29-25(7-6-9-35-29)31(41)44-33(2,3)4/h6-10,17-18,21-23H,11-16,19H2,1-5H3,(H,35,38). The van der Waals surface area contributed by atoms with Crippen LogP contribution in [-0.4, -0.2) is 48.8 Å². The van der Waals surface area contributed by atoms with Gasteiger partial charge in [-0.05, 0) is 108 Å². The summed E-state index contributed by atoms with van der Waals surface area (Å²) in [6, 6.07) is 5.25. The second kappa shape index (κ2) is 10.5. The van der Waals surface area contributed by atoms with Crippen molar-refractivity contribution in [3.8, 4) is 11.1 Å². The lowest BCUT2D eigenvalue weighted by Crippen LogP contribution is -2.48. The highest BCUT2D eigenvalue weighted by molar-refractivity contribution is 6.03. The molecule has 0 aliphatic heterocycles. The molecule has 0 radical (unpaired) electrons. The van der Waals surface area contributed by atoms with Crippen LogP contribution in [0.3, 0.4) is 0 Å². The lowest BCUT2D eigenvalue weighted by molar-refractivity contribution is -0.0638. The third kappa shape index (κ3) is 5.04. The molecule has 230 valence electrons. The number of anilines is 2. The van der Waals surface area contributed by atoms with Crippen molar-refractivity contribution in [3.05, 3.63) is 59.8 Å². The minimum atomic E-state index is -0.652. The lowest BCUT2D eigenvalue weighted by atomic mass is 9.49. The van der Waals surface area contributed by atoms with E-state index in [1.165, 1.54) is 45.6 Å². The molecule has 4 aliphatic carbocycles. The van der Waals surface area contributed by atoms with Gasteiger partial charge in [-0.1, -0.05) is 0 Å². The Morgan fingerprint density at radius 2 is 1.70 bits per heavy atom. The average molecular weight is 597 g/mol. The Morgan fingerprint density at radius 1 is 1.00 bits per heavy atom. The van der Waals surface area contributed by atoms with Crippen LogP contribution in [0.5, 0.6) is 0 Å². The summed E-state index contributed by atoms with van der Waals surface area (Å²) < 4.78 is 14.8. The van der Waals surface area contributed by atoms with E-state index in [1.54, 1.807) is 28.9 Å². The van der Waals surface area contributed by atoms with Gasteiger partial charge in [0.05, 0.1) is 19.5 Å². The molecular weight excluding hydrogens is 556 g/mol. The van der Waals surface area contributed by atoms with Gasteiger partial charge in [-0.15, -0.1) is 0 Å². The normalized spacial score (nSPS) is 24.1. The molecule has 10 nitrogen and oxygen atoms in total. The van der Waals surface area contributed by atoms with Crippen LogP contribution in [0.15, 0.2) is 43.0 Å². The zero-order valence-corrected chi connectivity index (χ0v) is 26.1. The molecule has 4 fully saturated rings. The first kappa shape index (κ1) is 28.6. The van der Waals surface area contributed by atoms with Crippen molar-refractivity contribution in [2.75, 3.05) is 12.4 Å². The number of methoxy groups -OCH3 is 1. The molecule has 0 saturated heterocycles. The minimum absolute atomic E-state index is 0.296. The number of nitrogens with zero attached hydrogens (tertiary/aromatic N) is 5. The number of esters is 2. The van der Waals surface area contributed by atoms with Crippen molar-refractivity contribution < 1.29 is 19.1 Å². The monoisotopic (exact) mass is 596 g/mol. The van der Waals surface area contributed by atoms with Crippen molar-refractivity contribution >= 4 is 29.2 Å². The maximum absolute atomic E-state index is 13.3. The largest absolute Gasteiger partial charge is 0.465 e. The van der Waals surface area contributed by atoms with Gasteiger partial charge in [0, 0.05) is 35.8 Å². The predicted octanol–water partition coefficient (Wildman–Crippen LogP) is 6.60. The Hall–Kier alpha value is -4.21. The predicted molar refractivity (Wildman–Crippen MR) is 166 cm³/mol. The average Bonchev–Trinajstić information content (AvgIpc) is 3.53. The number of imidazole rings is 1. The summed E-state index contributed by atoms with van der Waals surface area (Å²) in [5, 5.41) is 8.07. The van der Waals surface area contributed by atoms with E-state index >= 15 is 0 Å². The van der Waals surface area contributed by atoms with Gasteiger partial charge in [-0.2, -0.15) is 5.10 Å². The van der Waals surface area contributed by atoms with Gasteiger partial charge >= 0.3 is 11.9 Å². The highest BCUT2D eigenvalue weighted by Crippen LogP contribution is 2.60. The Kier molecular flexibility index (Phi) is 6.78. The van der Waals surface area contributed by atoms with E-state index in [0.717, 1.165) is 41.1 Å². The van der Waals surface area contributed by atoms with Crippen LogP contribution in [0, 0.1) is 30.1 Å². The molecule has 4 saturated carbocycles. The molecule has 10 heteroatoms. The third-order valence-corrected chi connectivity index (χ3v) is 9.79. The maximum atomic E-state index is 13.3. The zero-order chi connectivity index (χ0) is 30.8. The summed E-state index contributed by atoms with van der Waals surface area (Å²) in [7, 11) is 1.38. The Labute approximate surface area is 257 Å². The number of carbonyl (C=O) groups is 2. The maximum Gasteiger partial charge on any atom is 0.342 e. The summed E-state index contributed by atoms with van der Waals surface area (Å²) in [4.78, 5) is 35.2. The van der Waals surface area contributed by atoms with Crippen molar-refractivity contribution in [1.82, 2.24) is 24.1 Å². The second-order valence-electron chi connectivity index (χ2n) is 14.2. The number of pyridine rings is 2. The second-order valence-corrected chi connectivity index (χ2v) is 14.2. The number of nitrogens with one attached hydrogen (secondary N) is 1. The topological polar surface area (TPSA) is 113 Å². The van der Waals surface area contributed by atoms with Gasteiger partial charge in [0.1, 0.15) is 28.4 Å². The first-order chi connectivity index (χ1) is 21.0. The fraction of sp³-hybridized carbons (Fsp3) is 0.500. The van der Waals surface area contributed by atoms with Crippen molar-refractivity contribution in [3.63, 3.8) is 0 Å².